The molecule has 0 aliphatic heterocycles. The normalized spacial score (nSPS) is 11.3. The molecule has 0 aliphatic rings. The second kappa shape index (κ2) is 14.5. The number of benzene rings is 2. The van der Waals surface area contributed by atoms with E-state index in [4.69, 9.17) is 19.6 Å². The van der Waals surface area contributed by atoms with E-state index in [1.54, 1.807) is 24.3 Å². The topological polar surface area (TPSA) is 71.1 Å². The van der Waals surface area contributed by atoms with Crippen LogP contribution in [0.25, 0.3) is 0 Å². The number of carbonyl (C=O) groups is 2. The molecule has 6 nitrogen and oxygen atoms in total. The molecule has 2 aromatic rings. The minimum absolute atomic E-state index is 0.364. The Bertz CT molecular complexity index is 803. The lowest BCUT2D eigenvalue weighted by Gasteiger charge is -2.15. The number of rotatable bonds is 14. The zero-order valence-corrected chi connectivity index (χ0v) is 21.0. The Morgan fingerprint density at radius 3 is 1.44 bits per heavy atom. The molecule has 0 amide bonds. The van der Waals surface area contributed by atoms with E-state index in [2.05, 4.69) is 34.6 Å². The summed E-state index contributed by atoms with van der Waals surface area (Å²) in [5.41, 5.74) is 2.99. The monoisotopic (exact) mass is 470 g/mol. The first-order valence-corrected chi connectivity index (χ1v) is 12.3. The SMILES string of the molecule is CCCCCCCC(OOC(=O)c1ccc(C(C)C)cc1)OOC(=O)c1ccc(C(C)C)cc1. The van der Waals surface area contributed by atoms with Crippen molar-refractivity contribution in [1.29, 1.82) is 0 Å². The van der Waals surface area contributed by atoms with Gasteiger partial charge in [0, 0.05) is 6.42 Å². The van der Waals surface area contributed by atoms with E-state index < -0.39 is 18.2 Å². The predicted octanol–water partition coefficient (Wildman–Crippen LogP) is 7.50. The van der Waals surface area contributed by atoms with Gasteiger partial charge in [0.15, 0.2) is 0 Å². The van der Waals surface area contributed by atoms with Crippen LogP contribution < -0.4 is 0 Å². The second-order valence-electron chi connectivity index (χ2n) is 9.12. The lowest BCUT2D eigenvalue weighted by atomic mass is 10.0. The molecule has 0 fully saturated rings. The van der Waals surface area contributed by atoms with Crippen molar-refractivity contribution in [1.82, 2.24) is 0 Å². The molecule has 0 saturated carbocycles. The van der Waals surface area contributed by atoms with Gasteiger partial charge in [-0.25, -0.2) is 9.59 Å². The maximum absolute atomic E-state index is 12.4. The molecule has 0 heterocycles. The Balaban J connectivity index is 1.92. The average molecular weight is 471 g/mol. The molecule has 0 unspecified atom stereocenters. The third kappa shape index (κ3) is 9.27. The Morgan fingerprint density at radius 2 is 1.06 bits per heavy atom. The zero-order valence-electron chi connectivity index (χ0n) is 21.0. The summed E-state index contributed by atoms with van der Waals surface area (Å²) < 4.78 is 0. The summed E-state index contributed by atoms with van der Waals surface area (Å²) in [4.78, 5) is 45.2. The van der Waals surface area contributed by atoms with Gasteiger partial charge >= 0.3 is 11.9 Å². The summed E-state index contributed by atoms with van der Waals surface area (Å²) in [6.07, 6.45) is 4.54. The van der Waals surface area contributed by atoms with E-state index in [0.29, 0.717) is 29.4 Å². The van der Waals surface area contributed by atoms with E-state index in [1.165, 1.54) is 0 Å². The molecule has 6 heteroatoms. The molecule has 0 aromatic heterocycles. The molecule has 0 N–H and O–H groups in total. The van der Waals surface area contributed by atoms with Crippen molar-refractivity contribution in [3.8, 4) is 0 Å². The lowest BCUT2D eigenvalue weighted by molar-refractivity contribution is -0.421. The van der Waals surface area contributed by atoms with Crippen molar-refractivity contribution in [3.05, 3.63) is 70.8 Å². The van der Waals surface area contributed by atoms with Crippen LogP contribution in [0.3, 0.4) is 0 Å². The molecule has 2 aromatic carbocycles. The van der Waals surface area contributed by atoms with E-state index in [0.717, 1.165) is 43.2 Å². The molecule has 186 valence electrons. The van der Waals surface area contributed by atoms with Crippen molar-refractivity contribution in [2.24, 2.45) is 0 Å². The highest BCUT2D eigenvalue weighted by molar-refractivity contribution is 5.89. The van der Waals surface area contributed by atoms with Crippen molar-refractivity contribution < 1.29 is 29.1 Å². The van der Waals surface area contributed by atoms with E-state index in [-0.39, 0.29) is 0 Å². The Hall–Kier alpha value is -2.70. The van der Waals surface area contributed by atoms with Gasteiger partial charge in [-0.05, 0) is 53.6 Å². The number of hydrogen-bond donors (Lipinski definition) is 0. The van der Waals surface area contributed by atoms with E-state index in [1.807, 2.05) is 24.3 Å². The van der Waals surface area contributed by atoms with Gasteiger partial charge in [0.1, 0.15) is 0 Å². The van der Waals surface area contributed by atoms with Gasteiger partial charge in [-0.15, -0.1) is 9.78 Å². The zero-order chi connectivity index (χ0) is 24.9. The Labute approximate surface area is 203 Å². The third-order valence-electron chi connectivity index (χ3n) is 5.63. The Kier molecular flexibility index (Phi) is 11.8. The summed E-state index contributed by atoms with van der Waals surface area (Å²) in [7, 11) is 0. The molecule has 2 rings (SSSR count). The molecule has 0 radical (unpaired) electrons. The van der Waals surface area contributed by atoms with Gasteiger partial charge < -0.3 is 0 Å². The highest BCUT2D eigenvalue weighted by atomic mass is 17.3. The van der Waals surface area contributed by atoms with Crippen LogP contribution in [0.5, 0.6) is 0 Å². The van der Waals surface area contributed by atoms with Crippen LogP contribution in [0.15, 0.2) is 48.5 Å². The highest BCUT2D eigenvalue weighted by Crippen LogP contribution is 2.18. The second-order valence-corrected chi connectivity index (χ2v) is 9.12. The molecule has 0 spiro atoms. The van der Waals surface area contributed by atoms with Crippen LogP contribution in [0, 0.1) is 0 Å². The van der Waals surface area contributed by atoms with Crippen molar-refractivity contribution in [3.63, 3.8) is 0 Å². The maximum Gasteiger partial charge on any atom is 0.373 e. The largest absolute Gasteiger partial charge is 0.373 e. The van der Waals surface area contributed by atoms with Crippen LogP contribution in [-0.4, -0.2) is 18.2 Å². The van der Waals surface area contributed by atoms with Gasteiger partial charge in [0.25, 0.3) is 0 Å². The van der Waals surface area contributed by atoms with Crippen LogP contribution in [0.1, 0.15) is 117 Å². The quantitative estimate of drug-likeness (QED) is 0.123. The molecule has 0 bridgehead atoms. The first kappa shape index (κ1) is 27.5. The fourth-order valence-electron chi connectivity index (χ4n) is 3.33. The predicted molar refractivity (Wildman–Crippen MR) is 131 cm³/mol. The van der Waals surface area contributed by atoms with Crippen LogP contribution in [0.4, 0.5) is 0 Å². The van der Waals surface area contributed by atoms with Gasteiger partial charge in [-0.1, -0.05) is 84.6 Å². The van der Waals surface area contributed by atoms with Gasteiger partial charge in [0.05, 0.1) is 11.1 Å². The van der Waals surface area contributed by atoms with Gasteiger partial charge in [-0.2, -0.15) is 0 Å². The summed E-state index contributed by atoms with van der Waals surface area (Å²) in [5, 5.41) is 0. The maximum atomic E-state index is 12.4. The summed E-state index contributed by atoms with van der Waals surface area (Å²) in [6, 6.07) is 14.3. The smallest absolute Gasteiger partial charge is 0.290 e. The number of unbranched alkanes of at least 4 members (excludes halogenated alkanes) is 4. The van der Waals surface area contributed by atoms with Crippen LogP contribution >= 0.6 is 0 Å². The standard InChI is InChI=1S/C28H38O6/c1-6-7-8-9-10-11-26(31-33-27(29)24-16-12-22(13-17-24)20(2)3)32-34-28(30)25-18-14-23(15-19-25)21(4)5/h12-21,26H,6-11H2,1-5H3. The third-order valence-corrected chi connectivity index (χ3v) is 5.63. The Morgan fingerprint density at radius 1 is 0.647 bits per heavy atom. The number of hydrogen-bond acceptors (Lipinski definition) is 6. The summed E-state index contributed by atoms with van der Waals surface area (Å²) in [6.45, 7) is 10.5. The minimum atomic E-state index is -1.01. The molecule has 0 aliphatic carbocycles. The van der Waals surface area contributed by atoms with Gasteiger partial charge in [0.2, 0.25) is 6.29 Å². The van der Waals surface area contributed by atoms with E-state index in [9.17, 15) is 9.59 Å². The first-order valence-electron chi connectivity index (χ1n) is 12.3. The van der Waals surface area contributed by atoms with Gasteiger partial charge in [-0.3, -0.25) is 9.78 Å². The fourth-order valence-corrected chi connectivity index (χ4v) is 3.33. The van der Waals surface area contributed by atoms with Crippen molar-refractivity contribution in [2.75, 3.05) is 0 Å². The molecular weight excluding hydrogens is 432 g/mol. The molecular formula is C28H38O6. The van der Waals surface area contributed by atoms with Crippen molar-refractivity contribution in [2.45, 2.75) is 91.3 Å². The number of carbonyl (C=O) groups excluding carboxylic acids is 2. The van der Waals surface area contributed by atoms with Crippen LogP contribution in [-0.2, 0) is 19.6 Å². The fraction of sp³-hybridized carbons (Fsp3) is 0.500. The highest BCUT2D eigenvalue weighted by Gasteiger charge is 2.20. The molecule has 34 heavy (non-hydrogen) atoms. The van der Waals surface area contributed by atoms with Crippen LogP contribution in [0.2, 0.25) is 0 Å². The summed E-state index contributed by atoms with van der Waals surface area (Å²) in [5.74, 6) is -0.540. The lowest BCUT2D eigenvalue weighted by Crippen LogP contribution is -2.22. The average Bonchev–Trinajstić information content (AvgIpc) is 2.84. The minimum Gasteiger partial charge on any atom is -0.290 e. The first-order chi connectivity index (χ1) is 16.3. The van der Waals surface area contributed by atoms with Crippen molar-refractivity contribution >= 4 is 11.9 Å². The summed E-state index contributed by atoms with van der Waals surface area (Å²) >= 11 is 0. The molecule has 0 atom stereocenters. The molecule has 0 saturated heterocycles. The van der Waals surface area contributed by atoms with E-state index >= 15 is 0 Å².